The third-order valence-corrected chi connectivity index (χ3v) is 2.29. The summed E-state index contributed by atoms with van der Waals surface area (Å²) >= 11 is 0. The van der Waals surface area contributed by atoms with Gasteiger partial charge in [0.05, 0.1) is 0 Å². The molecule has 1 aromatic rings. The Bertz CT molecular complexity index is 258. The van der Waals surface area contributed by atoms with Gasteiger partial charge in [-0.15, -0.1) is 0 Å². The summed E-state index contributed by atoms with van der Waals surface area (Å²) in [6.45, 7) is 6.67. The fourth-order valence-electron chi connectivity index (χ4n) is 1.67. The van der Waals surface area contributed by atoms with Gasteiger partial charge in [-0.05, 0) is 24.5 Å². The molecule has 0 radical (unpaired) electrons. The average molecular weight is 207 g/mol. The maximum atomic E-state index is 8.87. The van der Waals surface area contributed by atoms with Crippen molar-refractivity contribution in [2.75, 3.05) is 24.6 Å². The van der Waals surface area contributed by atoms with Gasteiger partial charge >= 0.3 is 0 Å². The number of aliphatic hydroxyl groups is 1. The molecule has 0 heterocycles. The van der Waals surface area contributed by atoms with E-state index in [-0.39, 0.29) is 6.61 Å². The van der Waals surface area contributed by atoms with Crippen molar-refractivity contribution in [3.05, 3.63) is 30.3 Å². The first kappa shape index (κ1) is 12.1. The lowest BCUT2D eigenvalue weighted by Gasteiger charge is -2.26. The zero-order chi connectivity index (χ0) is 11.1. The minimum absolute atomic E-state index is 0.265. The number of rotatable bonds is 6. The summed E-state index contributed by atoms with van der Waals surface area (Å²) < 4.78 is 0. The van der Waals surface area contributed by atoms with E-state index in [0.717, 1.165) is 19.5 Å². The van der Waals surface area contributed by atoms with Crippen LogP contribution in [0, 0.1) is 5.92 Å². The van der Waals surface area contributed by atoms with Crippen LogP contribution in [0.1, 0.15) is 20.3 Å². The van der Waals surface area contributed by atoms with Crippen molar-refractivity contribution in [1.29, 1.82) is 0 Å². The largest absolute Gasteiger partial charge is 0.396 e. The SMILES string of the molecule is CC(C)CN(CCCO)c1ccccc1. The molecule has 2 nitrogen and oxygen atoms in total. The van der Waals surface area contributed by atoms with E-state index >= 15 is 0 Å². The van der Waals surface area contributed by atoms with Gasteiger partial charge in [0.25, 0.3) is 0 Å². The number of hydrogen-bond acceptors (Lipinski definition) is 2. The van der Waals surface area contributed by atoms with Crippen molar-refractivity contribution in [2.24, 2.45) is 5.92 Å². The van der Waals surface area contributed by atoms with Crippen molar-refractivity contribution >= 4 is 5.69 Å². The van der Waals surface area contributed by atoms with E-state index < -0.39 is 0 Å². The first-order valence-electron chi connectivity index (χ1n) is 5.65. The molecule has 0 aliphatic heterocycles. The molecule has 15 heavy (non-hydrogen) atoms. The third-order valence-electron chi connectivity index (χ3n) is 2.29. The van der Waals surface area contributed by atoms with Crippen LogP contribution in [0.2, 0.25) is 0 Å². The third kappa shape index (κ3) is 4.34. The Morgan fingerprint density at radius 1 is 1.20 bits per heavy atom. The Morgan fingerprint density at radius 2 is 1.87 bits per heavy atom. The molecular formula is C13H21NO. The molecule has 1 aromatic carbocycles. The lowest BCUT2D eigenvalue weighted by molar-refractivity contribution is 0.289. The molecule has 0 aliphatic carbocycles. The van der Waals surface area contributed by atoms with E-state index in [4.69, 9.17) is 5.11 Å². The second kappa shape index (κ2) is 6.46. The Morgan fingerprint density at radius 3 is 2.40 bits per heavy atom. The Hall–Kier alpha value is -1.02. The summed E-state index contributed by atoms with van der Waals surface area (Å²) in [5.41, 5.74) is 1.25. The number of hydrogen-bond donors (Lipinski definition) is 1. The maximum Gasteiger partial charge on any atom is 0.0447 e. The van der Waals surface area contributed by atoms with Crippen LogP contribution in [0.3, 0.4) is 0 Å². The van der Waals surface area contributed by atoms with Crippen LogP contribution < -0.4 is 4.90 Å². The second-order valence-corrected chi connectivity index (χ2v) is 4.25. The first-order valence-corrected chi connectivity index (χ1v) is 5.65. The number of nitrogens with zero attached hydrogens (tertiary/aromatic N) is 1. The molecular weight excluding hydrogens is 186 g/mol. The quantitative estimate of drug-likeness (QED) is 0.775. The lowest BCUT2D eigenvalue weighted by Crippen LogP contribution is -2.29. The van der Waals surface area contributed by atoms with E-state index in [1.165, 1.54) is 5.69 Å². The molecule has 2 heteroatoms. The Labute approximate surface area is 92.5 Å². The van der Waals surface area contributed by atoms with E-state index in [1.807, 2.05) is 6.07 Å². The van der Waals surface area contributed by atoms with Crippen LogP contribution in [0.25, 0.3) is 0 Å². The van der Waals surface area contributed by atoms with Crippen molar-refractivity contribution in [2.45, 2.75) is 20.3 Å². The lowest BCUT2D eigenvalue weighted by atomic mass is 10.2. The summed E-state index contributed by atoms with van der Waals surface area (Å²) in [6, 6.07) is 10.4. The summed E-state index contributed by atoms with van der Waals surface area (Å²) in [6.07, 6.45) is 0.835. The zero-order valence-corrected chi connectivity index (χ0v) is 9.69. The fraction of sp³-hybridized carbons (Fsp3) is 0.538. The van der Waals surface area contributed by atoms with Crippen molar-refractivity contribution in [3.63, 3.8) is 0 Å². The molecule has 0 aromatic heterocycles. The van der Waals surface area contributed by atoms with Gasteiger partial charge in [0, 0.05) is 25.4 Å². The number of anilines is 1. The molecule has 0 aliphatic rings. The van der Waals surface area contributed by atoms with E-state index in [9.17, 15) is 0 Å². The summed E-state index contributed by atoms with van der Waals surface area (Å²) in [4.78, 5) is 2.33. The van der Waals surface area contributed by atoms with Crippen LogP contribution in [0.4, 0.5) is 5.69 Å². The highest BCUT2D eigenvalue weighted by atomic mass is 16.3. The van der Waals surface area contributed by atoms with Crippen LogP contribution in [0.15, 0.2) is 30.3 Å². The van der Waals surface area contributed by atoms with E-state index in [1.54, 1.807) is 0 Å². The Balaban J connectivity index is 2.63. The molecule has 0 fully saturated rings. The topological polar surface area (TPSA) is 23.5 Å². The summed E-state index contributed by atoms with van der Waals surface area (Å²) in [5, 5.41) is 8.87. The number of benzene rings is 1. The smallest absolute Gasteiger partial charge is 0.0447 e. The first-order chi connectivity index (χ1) is 7.24. The van der Waals surface area contributed by atoms with E-state index in [2.05, 4.69) is 43.0 Å². The molecule has 0 saturated heterocycles. The molecule has 0 unspecified atom stereocenters. The normalized spacial score (nSPS) is 10.7. The second-order valence-electron chi connectivity index (χ2n) is 4.25. The summed E-state index contributed by atoms with van der Waals surface area (Å²) in [7, 11) is 0. The fourth-order valence-corrected chi connectivity index (χ4v) is 1.67. The van der Waals surface area contributed by atoms with E-state index in [0.29, 0.717) is 5.92 Å². The zero-order valence-electron chi connectivity index (χ0n) is 9.69. The average Bonchev–Trinajstić information content (AvgIpc) is 2.25. The van der Waals surface area contributed by atoms with Crippen molar-refractivity contribution < 1.29 is 5.11 Å². The van der Waals surface area contributed by atoms with Crippen molar-refractivity contribution in [1.82, 2.24) is 0 Å². The number of aliphatic hydroxyl groups excluding tert-OH is 1. The van der Waals surface area contributed by atoms with Crippen LogP contribution >= 0.6 is 0 Å². The number of para-hydroxylation sites is 1. The van der Waals surface area contributed by atoms with Gasteiger partial charge in [0.2, 0.25) is 0 Å². The van der Waals surface area contributed by atoms with Gasteiger partial charge in [-0.3, -0.25) is 0 Å². The molecule has 1 N–H and O–H groups in total. The summed E-state index contributed by atoms with van der Waals surface area (Å²) in [5.74, 6) is 0.642. The molecule has 1 rings (SSSR count). The molecule has 0 amide bonds. The maximum absolute atomic E-state index is 8.87. The predicted molar refractivity (Wildman–Crippen MR) is 65.2 cm³/mol. The standard InChI is InChI=1S/C13H21NO/c1-12(2)11-14(9-6-10-15)13-7-4-3-5-8-13/h3-5,7-8,12,15H,6,9-11H2,1-2H3. The van der Waals surface area contributed by atoms with Gasteiger partial charge in [0.1, 0.15) is 0 Å². The van der Waals surface area contributed by atoms with Crippen LogP contribution in [-0.4, -0.2) is 24.8 Å². The van der Waals surface area contributed by atoms with Crippen molar-refractivity contribution in [3.8, 4) is 0 Å². The van der Waals surface area contributed by atoms with Gasteiger partial charge in [-0.1, -0.05) is 32.0 Å². The molecule has 84 valence electrons. The van der Waals surface area contributed by atoms with Gasteiger partial charge in [0.15, 0.2) is 0 Å². The Kier molecular flexibility index (Phi) is 5.19. The molecule has 0 bridgehead atoms. The van der Waals surface area contributed by atoms with Gasteiger partial charge in [-0.25, -0.2) is 0 Å². The highest BCUT2D eigenvalue weighted by molar-refractivity contribution is 5.45. The minimum Gasteiger partial charge on any atom is -0.396 e. The van der Waals surface area contributed by atoms with Crippen LogP contribution in [-0.2, 0) is 0 Å². The van der Waals surface area contributed by atoms with Gasteiger partial charge in [-0.2, -0.15) is 0 Å². The van der Waals surface area contributed by atoms with Gasteiger partial charge < -0.3 is 10.0 Å². The molecule has 0 spiro atoms. The minimum atomic E-state index is 0.265. The highest BCUT2D eigenvalue weighted by Gasteiger charge is 2.07. The molecule has 0 saturated carbocycles. The molecule has 0 atom stereocenters. The van der Waals surface area contributed by atoms with Crippen LogP contribution in [0.5, 0.6) is 0 Å². The predicted octanol–water partition coefficient (Wildman–Crippen LogP) is 2.53. The monoisotopic (exact) mass is 207 g/mol. The highest BCUT2D eigenvalue weighted by Crippen LogP contribution is 2.15.